The molecule has 4 aromatic rings. The third kappa shape index (κ3) is 4.35. The molecule has 146 valence electrons. The lowest BCUT2D eigenvalue weighted by molar-refractivity contribution is 0.102. The Kier molecular flexibility index (Phi) is 5.67. The van der Waals surface area contributed by atoms with E-state index in [2.05, 4.69) is 15.5 Å². The number of benzene rings is 2. The van der Waals surface area contributed by atoms with E-state index in [0.717, 1.165) is 10.4 Å². The number of anilines is 1. The number of carbonyl (C=O) groups excluding carboxylic acids is 1. The molecule has 0 fully saturated rings. The van der Waals surface area contributed by atoms with Crippen LogP contribution in [-0.4, -0.2) is 22.7 Å². The van der Waals surface area contributed by atoms with Gasteiger partial charge in [-0.3, -0.25) is 4.79 Å². The summed E-state index contributed by atoms with van der Waals surface area (Å²) in [4.78, 5) is 18.3. The maximum atomic E-state index is 12.8. The van der Waals surface area contributed by atoms with Crippen LogP contribution in [0, 0.1) is 0 Å². The van der Waals surface area contributed by atoms with Crippen LogP contribution in [0.5, 0.6) is 5.75 Å². The molecular formula is C22H19N3O3S. The van der Waals surface area contributed by atoms with Gasteiger partial charge in [0.2, 0.25) is 11.7 Å². The standard InChI is InChI=1S/C22H19N3O3S/c1-2-27-18-11-6-4-9-16(18)22(26)23-17-10-5-3-8-15(17)14-20-24-21(25-28-20)19-12-7-13-29-19/h3-13H,2,14H2,1H3,(H,23,26). The first kappa shape index (κ1) is 18.9. The fourth-order valence-electron chi connectivity index (χ4n) is 2.92. The van der Waals surface area contributed by atoms with E-state index in [1.165, 1.54) is 0 Å². The number of rotatable bonds is 7. The molecule has 0 aliphatic rings. The lowest BCUT2D eigenvalue weighted by Crippen LogP contribution is -2.15. The Labute approximate surface area is 172 Å². The lowest BCUT2D eigenvalue weighted by atomic mass is 10.1. The Morgan fingerprint density at radius 1 is 1.10 bits per heavy atom. The molecule has 0 saturated carbocycles. The minimum Gasteiger partial charge on any atom is -0.493 e. The Balaban J connectivity index is 1.54. The molecule has 0 aliphatic heterocycles. The summed E-state index contributed by atoms with van der Waals surface area (Å²) in [5.74, 6) is 1.39. The van der Waals surface area contributed by atoms with Crippen molar-refractivity contribution in [2.45, 2.75) is 13.3 Å². The van der Waals surface area contributed by atoms with Crippen LogP contribution in [0.25, 0.3) is 10.7 Å². The number of amides is 1. The second kappa shape index (κ2) is 8.70. The Hall–Kier alpha value is -3.45. The molecule has 4 rings (SSSR count). The number of carbonyl (C=O) groups is 1. The van der Waals surface area contributed by atoms with Crippen LogP contribution in [0.2, 0.25) is 0 Å². The first-order valence-electron chi connectivity index (χ1n) is 9.22. The predicted molar refractivity (Wildman–Crippen MR) is 112 cm³/mol. The summed E-state index contributed by atoms with van der Waals surface area (Å²) in [5, 5.41) is 8.99. The van der Waals surface area contributed by atoms with Crippen molar-refractivity contribution in [1.82, 2.24) is 10.1 Å². The average molecular weight is 405 g/mol. The van der Waals surface area contributed by atoms with Crippen molar-refractivity contribution in [2.75, 3.05) is 11.9 Å². The van der Waals surface area contributed by atoms with Gasteiger partial charge in [-0.2, -0.15) is 4.98 Å². The Morgan fingerprint density at radius 2 is 1.93 bits per heavy atom. The van der Waals surface area contributed by atoms with E-state index in [1.807, 2.05) is 60.8 Å². The lowest BCUT2D eigenvalue weighted by Gasteiger charge is -2.12. The summed E-state index contributed by atoms with van der Waals surface area (Å²) >= 11 is 1.56. The summed E-state index contributed by atoms with van der Waals surface area (Å²) in [6.45, 7) is 2.38. The van der Waals surface area contributed by atoms with Gasteiger partial charge in [0.15, 0.2) is 0 Å². The summed E-state index contributed by atoms with van der Waals surface area (Å²) in [6, 6.07) is 18.7. The number of aromatic nitrogens is 2. The fraction of sp³-hybridized carbons (Fsp3) is 0.136. The van der Waals surface area contributed by atoms with Crippen LogP contribution in [0.15, 0.2) is 70.6 Å². The second-order valence-corrected chi connectivity index (χ2v) is 7.15. The molecule has 0 unspecified atom stereocenters. The smallest absolute Gasteiger partial charge is 0.259 e. The van der Waals surface area contributed by atoms with Crippen molar-refractivity contribution in [3.05, 3.63) is 83.1 Å². The summed E-state index contributed by atoms with van der Waals surface area (Å²) in [5.41, 5.74) is 2.07. The molecule has 1 N–H and O–H groups in total. The van der Waals surface area contributed by atoms with Crippen molar-refractivity contribution in [3.63, 3.8) is 0 Å². The van der Waals surface area contributed by atoms with Gasteiger partial charge >= 0.3 is 0 Å². The molecule has 6 nitrogen and oxygen atoms in total. The van der Waals surface area contributed by atoms with Gasteiger partial charge < -0.3 is 14.6 Å². The molecule has 0 atom stereocenters. The van der Waals surface area contributed by atoms with Gasteiger partial charge in [0.1, 0.15) is 5.75 Å². The minimum absolute atomic E-state index is 0.230. The van der Waals surface area contributed by atoms with Crippen molar-refractivity contribution >= 4 is 22.9 Å². The van der Waals surface area contributed by atoms with Crippen molar-refractivity contribution in [2.24, 2.45) is 0 Å². The quantitative estimate of drug-likeness (QED) is 0.466. The van der Waals surface area contributed by atoms with Crippen LogP contribution in [0.3, 0.4) is 0 Å². The maximum Gasteiger partial charge on any atom is 0.259 e. The first-order valence-corrected chi connectivity index (χ1v) is 10.1. The number of ether oxygens (including phenoxy) is 1. The number of hydrogen-bond acceptors (Lipinski definition) is 6. The number of thiophene rings is 1. The van der Waals surface area contributed by atoms with Gasteiger partial charge in [-0.25, -0.2) is 0 Å². The van der Waals surface area contributed by atoms with Crippen molar-refractivity contribution in [1.29, 1.82) is 0 Å². The zero-order chi connectivity index (χ0) is 20.1. The molecule has 2 aromatic heterocycles. The van der Waals surface area contributed by atoms with E-state index >= 15 is 0 Å². The van der Waals surface area contributed by atoms with Crippen LogP contribution in [-0.2, 0) is 6.42 Å². The van der Waals surface area contributed by atoms with E-state index in [0.29, 0.717) is 41.7 Å². The topological polar surface area (TPSA) is 77.2 Å². The highest BCUT2D eigenvalue weighted by Gasteiger charge is 2.16. The van der Waals surface area contributed by atoms with Gasteiger partial charge in [0, 0.05) is 5.69 Å². The SMILES string of the molecule is CCOc1ccccc1C(=O)Nc1ccccc1Cc1nc(-c2cccs2)no1. The largest absolute Gasteiger partial charge is 0.493 e. The molecule has 0 saturated heterocycles. The number of nitrogens with one attached hydrogen (secondary N) is 1. The van der Waals surface area contributed by atoms with Crippen LogP contribution in [0.1, 0.15) is 28.7 Å². The molecule has 0 spiro atoms. The molecular weight excluding hydrogens is 386 g/mol. The van der Waals surface area contributed by atoms with Gasteiger partial charge in [0.25, 0.3) is 5.91 Å². The molecule has 2 heterocycles. The molecule has 1 amide bonds. The molecule has 0 radical (unpaired) electrons. The third-order valence-electron chi connectivity index (χ3n) is 4.25. The van der Waals surface area contributed by atoms with E-state index < -0.39 is 0 Å². The zero-order valence-electron chi connectivity index (χ0n) is 15.8. The van der Waals surface area contributed by atoms with Crippen LogP contribution in [0.4, 0.5) is 5.69 Å². The second-order valence-electron chi connectivity index (χ2n) is 6.21. The molecule has 29 heavy (non-hydrogen) atoms. The van der Waals surface area contributed by atoms with Crippen LogP contribution < -0.4 is 10.1 Å². The summed E-state index contributed by atoms with van der Waals surface area (Å²) in [6.07, 6.45) is 0.419. The molecule has 2 aromatic carbocycles. The van der Waals surface area contributed by atoms with E-state index in [-0.39, 0.29) is 5.91 Å². The van der Waals surface area contributed by atoms with Gasteiger partial charge in [-0.15, -0.1) is 11.3 Å². The number of nitrogens with zero attached hydrogens (tertiary/aromatic N) is 2. The van der Waals surface area contributed by atoms with Gasteiger partial charge in [-0.05, 0) is 42.1 Å². The van der Waals surface area contributed by atoms with E-state index in [4.69, 9.17) is 9.26 Å². The monoisotopic (exact) mass is 405 g/mol. The van der Waals surface area contributed by atoms with Crippen molar-refractivity contribution < 1.29 is 14.1 Å². The van der Waals surface area contributed by atoms with E-state index in [1.54, 1.807) is 23.5 Å². The highest BCUT2D eigenvalue weighted by atomic mass is 32.1. The van der Waals surface area contributed by atoms with Gasteiger partial charge in [-0.1, -0.05) is 41.6 Å². The summed E-state index contributed by atoms with van der Waals surface area (Å²) < 4.78 is 11.0. The zero-order valence-corrected chi connectivity index (χ0v) is 16.6. The summed E-state index contributed by atoms with van der Waals surface area (Å²) in [7, 11) is 0. The maximum absolute atomic E-state index is 12.8. The predicted octanol–water partition coefficient (Wildman–Crippen LogP) is 5.04. The van der Waals surface area contributed by atoms with Crippen molar-refractivity contribution in [3.8, 4) is 16.5 Å². The minimum atomic E-state index is -0.230. The van der Waals surface area contributed by atoms with E-state index in [9.17, 15) is 4.79 Å². The Morgan fingerprint density at radius 3 is 2.76 bits per heavy atom. The number of para-hydroxylation sites is 2. The normalized spacial score (nSPS) is 10.7. The Bertz CT molecular complexity index is 1110. The molecule has 0 aliphatic carbocycles. The third-order valence-corrected chi connectivity index (χ3v) is 5.11. The van der Waals surface area contributed by atoms with Gasteiger partial charge in [0.05, 0.1) is 23.5 Å². The molecule has 0 bridgehead atoms. The highest BCUT2D eigenvalue weighted by Crippen LogP contribution is 2.25. The molecule has 7 heteroatoms. The highest BCUT2D eigenvalue weighted by molar-refractivity contribution is 7.13. The fourth-order valence-corrected chi connectivity index (χ4v) is 3.57. The number of hydrogen-bond donors (Lipinski definition) is 1. The van der Waals surface area contributed by atoms with Crippen LogP contribution >= 0.6 is 11.3 Å². The first-order chi connectivity index (χ1) is 14.2. The average Bonchev–Trinajstić information content (AvgIpc) is 3.42.